The number of hydrogen-bond acceptors (Lipinski definition) is 3. The van der Waals surface area contributed by atoms with E-state index in [1.165, 1.54) is 0 Å². The zero-order chi connectivity index (χ0) is 20.4. The molecule has 0 radical (unpaired) electrons. The van der Waals surface area contributed by atoms with Gasteiger partial charge in [-0.05, 0) is 41.8 Å². The van der Waals surface area contributed by atoms with Crippen LogP contribution in [0.1, 0.15) is 17.5 Å². The normalized spacial score (nSPS) is 13.2. The van der Waals surface area contributed by atoms with Gasteiger partial charge in [0.1, 0.15) is 0 Å². The number of rotatable bonds is 4. The van der Waals surface area contributed by atoms with Crippen LogP contribution in [0.15, 0.2) is 60.9 Å². The van der Waals surface area contributed by atoms with Crippen LogP contribution in [-0.2, 0) is 22.4 Å². The lowest BCUT2D eigenvalue weighted by molar-refractivity contribution is -0.118. The van der Waals surface area contributed by atoms with Crippen LogP contribution >= 0.6 is 11.6 Å². The summed E-state index contributed by atoms with van der Waals surface area (Å²) in [5.41, 5.74) is 5.35. The number of benzene rings is 2. The largest absolute Gasteiger partial charge is 0.326 e. The van der Waals surface area contributed by atoms with Gasteiger partial charge >= 0.3 is 0 Å². The molecule has 29 heavy (non-hydrogen) atoms. The number of para-hydroxylation sites is 1. The number of hydrogen-bond donors (Lipinski definition) is 1. The molecule has 0 aliphatic carbocycles. The first kappa shape index (κ1) is 19.2. The van der Waals surface area contributed by atoms with Crippen molar-refractivity contribution in [3.8, 4) is 11.1 Å². The Hall–Kier alpha value is -3.18. The number of aromatic nitrogens is 1. The lowest BCUT2D eigenvalue weighted by Gasteiger charge is -2.28. The van der Waals surface area contributed by atoms with Gasteiger partial charge in [-0.2, -0.15) is 0 Å². The highest BCUT2D eigenvalue weighted by atomic mass is 35.5. The molecule has 2 amide bonds. The van der Waals surface area contributed by atoms with Crippen molar-refractivity contribution < 1.29 is 9.59 Å². The highest BCUT2D eigenvalue weighted by Gasteiger charge is 2.24. The predicted octanol–water partition coefficient (Wildman–Crippen LogP) is 4.49. The number of halogens is 1. The Kier molecular flexibility index (Phi) is 5.32. The van der Waals surface area contributed by atoms with Crippen LogP contribution in [0.5, 0.6) is 0 Å². The van der Waals surface area contributed by atoms with Crippen LogP contribution in [0.25, 0.3) is 11.1 Å². The van der Waals surface area contributed by atoms with Gasteiger partial charge < -0.3 is 10.2 Å². The van der Waals surface area contributed by atoms with Crippen LogP contribution in [0.4, 0.5) is 11.4 Å². The molecule has 2 aromatic carbocycles. The van der Waals surface area contributed by atoms with Gasteiger partial charge in [0.15, 0.2) is 0 Å². The fourth-order valence-electron chi connectivity index (χ4n) is 3.64. The number of carbonyl (C=O) groups is 2. The number of amides is 2. The first-order chi connectivity index (χ1) is 14.0. The second-order valence-corrected chi connectivity index (χ2v) is 7.52. The van der Waals surface area contributed by atoms with Gasteiger partial charge in [0.05, 0.1) is 12.1 Å². The second kappa shape index (κ2) is 8.05. The van der Waals surface area contributed by atoms with E-state index in [4.69, 9.17) is 11.6 Å². The number of aryl methyl sites for hydroxylation is 1. The molecule has 0 spiro atoms. The van der Waals surface area contributed by atoms with Crippen molar-refractivity contribution in [1.29, 1.82) is 0 Å². The van der Waals surface area contributed by atoms with Gasteiger partial charge in [0.25, 0.3) is 0 Å². The summed E-state index contributed by atoms with van der Waals surface area (Å²) < 4.78 is 0. The fraction of sp³-hybridized carbons (Fsp3) is 0.174. The van der Waals surface area contributed by atoms with Crippen molar-refractivity contribution in [3.05, 3.63) is 77.1 Å². The summed E-state index contributed by atoms with van der Waals surface area (Å²) in [7, 11) is 1.81. The predicted molar refractivity (Wildman–Crippen MR) is 115 cm³/mol. The minimum absolute atomic E-state index is 0.106. The van der Waals surface area contributed by atoms with Crippen LogP contribution in [0, 0.1) is 0 Å². The molecule has 1 aliphatic heterocycles. The Bertz CT molecular complexity index is 1100. The van der Waals surface area contributed by atoms with E-state index in [2.05, 4.69) is 16.4 Å². The summed E-state index contributed by atoms with van der Waals surface area (Å²) in [4.78, 5) is 30.7. The molecular formula is C23H20ClN3O2. The van der Waals surface area contributed by atoms with E-state index in [-0.39, 0.29) is 18.2 Å². The number of anilines is 2. The van der Waals surface area contributed by atoms with E-state index in [1.807, 2.05) is 18.2 Å². The van der Waals surface area contributed by atoms with E-state index < -0.39 is 0 Å². The smallest absolute Gasteiger partial charge is 0.228 e. The van der Waals surface area contributed by atoms with Crippen molar-refractivity contribution in [2.75, 3.05) is 17.3 Å². The Morgan fingerprint density at radius 1 is 1.14 bits per heavy atom. The van der Waals surface area contributed by atoms with E-state index >= 15 is 0 Å². The molecule has 1 aliphatic rings. The fourth-order valence-corrected chi connectivity index (χ4v) is 3.83. The molecule has 0 atom stereocenters. The third kappa shape index (κ3) is 4.15. The first-order valence-electron chi connectivity index (χ1n) is 9.39. The topological polar surface area (TPSA) is 62.3 Å². The Morgan fingerprint density at radius 2 is 1.97 bits per heavy atom. The zero-order valence-electron chi connectivity index (χ0n) is 16.0. The zero-order valence-corrected chi connectivity index (χ0v) is 16.7. The van der Waals surface area contributed by atoms with Crippen LogP contribution in [0.2, 0.25) is 5.02 Å². The Morgan fingerprint density at radius 3 is 2.79 bits per heavy atom. The summed E-state index contributed by atoms with van der Waals surface area (Å²) in [6.07, 6.45) is 4.90. The maximum Gasteiger partial charge on any atom is 0.228 e. The Balaban J connectivity index is 1.59. The average Bonchev–Trinajstić information content (AvgIpc) is 2.70. The number of nitrogens with zero attached hydrogens (tertiary/aromatic N) is 2. The van der Waals surface area contributed by atoms with E-state index in [9.17, 15) is 9.59 Å². The summed E-state index contributed by atoms with van der Waals surface area (Å²) >= 11 is 5.97. The third-order valence-electron chi connectivity index (χ3n) is 5.02. The summed E-state index contributed by atoms with van der Waals surface area (Å²) in [5.74, 6) is -0.0384. The monoisotopic (exact) mass is 405 g/mol. The highest BCUT2D eigenvalue weighted by Crippen LogP contribution is 2.37. The Labute approximate surface area is 174 Å². The molecule has 3 aromatic rings. The third-order valence-corrected chi connectivity index (χ3v) is 5.25. The minimum atomic E-state index is -0.145. The minimum Gasteiger partial charge on any atom is -0.326 e. The lowest BCUT2D eigenvalue weighted by atomic mass is 9.94. The summed E-state index contributed by atoms with van der Waals surface area (Å²) in [6.45, 7) is 0. The molecule has 6 heteroatoms. The van der Waals surface area contributed by atoms with Crippen molar-refractivity contribution in [1.82, 2.24) is 4.98 Å². The van der Waals surface area contributed by atoms with E-state index in [0.717, 1.165) is 34.4 Å². The molecule has 0 saturated heterocycles. The SMILES string of the molecule is CN1C(=O)CCc2cccc(-c3cncc(CC(=O)Nc4cccc(Cl)c4)c3)c21. The lowest BCUT2D eigenvalue weighted by Crippen LogP contribution is -2.31. The standard InChI is InChI=1S/C23H20ClN3O2/c1-27-22(29)9-8-16-4-2-7-20(23(16)27)17-10-15(13-25-14-17)11-21(28)26-19-6-3-5-18(24)12-19/h2-7,10,12-14H,8-9,11H2,1H3,(H,26,28). The quantitative estimate of drug-likeness (QED) is 0.695. The molecule has 146 valence electrons. The van der Waals surface area contributed by atoms with Gasteiger partial charge in [-0.3, -0.25) is 14.6 Å². The van der Waals surface area contributed by atoms with E-state index in [0.29, 0.717) is 17.1 Å². The van der Waals surface area contributed by atoms with Gasteiger partial charge in [0.2, 0.25) is 11.8 Å². The van der Waals surface area contributed by atoms with E-state index in [1.54, 1.807) is 48.6 Å². The number of nitrogens with one attached hydrogen (secondary N) is 1. The summed E-state index contributed by atoms with van der Waals surface area (Å²) in [6, 6.07) is 15.0. The van der Waals surface area contributed by atoms with Gasteiger partial charge in [-0.15, -0.1) is 0 Å². The van der Waals surface area contributed by atoms with Gasteiger partial charge in [-0.1, -0.05) is 35.9 Å². The van der Waals surface area contributed by atoms with Crippen LogP contribution in [-0.4, -0.2) is 23.8 Å². The molecule has 0 unspecified atom stereocenters. The van der Waals surface area contributed by atoms with Gasteiger partial charge in [-0.25, -0.2) is 0 Å². The first-order valence-corrected chi connectivity index (χ1v) is 9.77. The molecule has 4 rings (SSSR count). The van der Waals surface area contributed by atoms with Gasteiger partial charge in [0, 0.05) is 47.7 Å². The summed E-state index contributed by atoms with van der Waals surface area (Å²) in [5, 5.41) is 3.42. The van der Waals surface area contributed by atoms with Crippen molar-refractivity contribution in [3.63, 3.8) is 0 Å². The molecule has 5 nitrogen and oxygen atoms in total. The molecule has 1 aromatic heterocycles. The van der Waals surface area contributed by atoms with Crippen LogP contribution in [0.3, 0.4) is 0 Å². The second-order valence-electron chi connectivity index (χ2n) is 7.08. The highest BCUT2D eigenvalue weighted by molar-refractivity contribution is 6.30. The van der Waals surface area contributed by atoms with Crippen LogP contribution < -0.4 is 10.2 Å². The maximum absolute atomic E-state index is 12.4. The maximum atomic E-state index is 12.4. The molecule has 0 bridgehead atoms. The number of pyridine rings is 1. The number of carbonyl (C=O) groups excluding carboxylic acids is 2. The molecule has 0 saturated carbocycles. The average molecular weight is 406 g/mol. The molecule has 0 fully saturated rings. The van der Waals surface area contributed by atoms with Crippen molar-refractivity contribution in [2.45, 2.75) is 19.3 Å². The van der Waals surface area contributed by atoms with Crippen molar-refractivity contribution in [2.24, 2.45) is 0 Å². The molecular weight excluding hydrogens is 386 g/mol. The molecule has 1 N–H and O–H groups in total. The molecule has 2 heterocycles. The van der Waals surface area contributed by atoms with Crippen molar-refractivity contribution >= 4 is 34.8 Å². The number of fused-ring (bicyclic) bond motifs is 1.